The average Bonchev–Trinajstić information content (AvgIpc) is 2.04. The summed E-state index contributed by atoms with van der Waals surface area (Å²) in [6.45, 7) is 3.30. The first-order valence-electron chi connectivity index (χ1n) is 2.95. The van der Waals surface area contributed by atoms with Gasteiger partial charge in [0.1, 0.15) is 0 Å². The van der Waals surface area contributed by atoms with Gasteiger partial charge >= 0.3 is 0 Å². The summed E-state index contributed by atoms with van der Waals surface area (Å²) in [5, 5.41) is 4.70. The minimum absolute atomic E-state index is 0.0926. The highest BCUT2D eigenvalue weighted by atomic mass is 31.2. The highest BCUT2D eigenvalue weighted by molar-refractivity contribution is 7.46. The van der Waals surface area contributed by atoms with Crippen molar-refractivity contribution in [1.29, 1.82) is 0 Å². The highest BCUT2D eigenvalue weighted by Crippen LogP contribution is 2.29. The van der Waals surface area contributed by atoms with Crippen molar-refractivity contribution in [3.63, 3.8) is 0 Å². The molecule has 11 heavy (non-hydrogen) atoms. The fourth-order valence-electron chi connectivity index (χ4n) is 0.0745. The maximum absolute atomic E-state index is 9.63. The van der Waals surface area contributed by atoms with E-state index in [1.807, 2.05) is 6.66 Å². The summed E-state index contributed by atoms with van der Waals surface area (Å²) in [4.78, 5) is 9.63. The third-order valence-electron chi connectivity index (χ3n) is 0.749. The molecule has 66 valence electrons. The van der Waals surface area contributed by atoms with Crippen LogP contribution in [0.4, 0.5) is 0 Å². The molecule has 0 saturated heterocycles. The van der Waals surface area contributed by atoms with Gasteiger partial charge < -0.3 is 9.05 Å². The number of nitrogens with two attached hydrogens (primary N) is 1. The zero-order chi connectivity index (χ0) is 9.28. The van der Waals surface area contributed by atoms with Crippen LogP contribution < -0.4 is 5.41 Å². The van der Waals surface area contributed by atoms with Crippen molar-refractivity contribution in [3.05, 3.63) is 0 Å². The molecule has 2 N–H and O–H groups in total. The molecule has 4 nitrogen and oxygen atoms in total. The van der Waals surface area contributed by atoms with E-state index in [9.17, 15) is 4.79 Å². The Balaban J connectivity index is 0. The Morgan fingerprint density at radius 2 is 1.73 bits per heavy atom. The molecule has 0 radical (unpaired) electrons. The summed E-state index contributed by atoms with van der Waals surface area (Å²) < 4.78 is 9.48. The first-order chi connectivity index (χ1) is 5.08. The molecule has 0 unspecified atom stereocenters. The predicted octanol–water partition coefficient (Wildman–Crippen LogP) is -0.374. The molecule has 0 aliphatic carbocycles. The van der Waals surface area contributed by atoms with Gasteiger partial charge in [-0.05, 0) is 0 Å². The molecule has 0 rings (SSSR count). The molecule has 5 heteroatoms. The van der Waals surface area contributed by atoms with Gasteiger partial charge in [-0.15, -0.1) is 0 Å². The van der Waals surface area contributed by atoms with E-state index in [0.717, 1.165) is 6.21 Å². The quantitative estimate of drug-likeness (QED) is 0.476. The van der Waals surface area contributed by atoms with E-state index >= 15 is 0 Å². The van der Waals surface area contributed by atoms with Crippen LogP contribution in [0, 0.1) is 0 Å². The lowest BCUT2D eigenvalue weighted by atomic mass is 10.5. The Kier molecular flexibility index (Phi) is 11.7. The van der Waals surface area contributed by atoms with Gasteiger partial charge in [0, 0.05) is 27.8 Å². The summed E-state index contributed by atoms with van der Waals surface area (Å²) in [5.41, 5.74) is 0. The van der Waals surface area contributed by atoms with Crippen molar-refractivity contribution in [1.82, 2.24) is 0 Å². The fraction of sp³-hybridized carbons (Fsp3) is 0.667. The van der Waals surface area contributed by atoms with Crippen LogP contribution in [-0.2, 0) is 13.8 Å². The molecule has 0 atom stereocenters. The highest BCUT2D eigenvalue weighted by Gasteiger charge is 1.89. The molecule has 0 saturated carbocycles. The predicted molar refractivity (Wildman–Crippen MR) is 45.5 cm³/mol. The van der Waals surface area contributed by atoms with Gasteiger partial charge in [0.25, 0.3) is 0 Å². The van der Waals surface area contributed by atoms with Gasteiger partial charge in [0.15, 0.2) is 8.38 Å². The summed E-state index contributed by atoms with van der Waals surface area (Å²) >= 11 is 0. The van der Waals surface area contributed by atoms with Gasteiger partial charge in [-0.25, -0.2) is 0 Å². The average molecular weight is 180 g/mol. The van der Waals surface area contributed by atoms with E-state index in [0.29, 0.717) is 0 Å². The van der Waals surface area contributed by atoms with Crippen LogP contribution in [0.2, 0.25) is 0 Å². The van der Waals surface area contributed by atoms with E-state index in [4.69, 9.17) is 14.5 Å². The molecule has 0 heterocycles. The van der Waals surface area contributed by atoms with Crippen molar-refractivity contribution < 1.29 is 19.3 Å². The van der Waals surface area contributed by atoms with E-state index in [1.165, 1.54) is 6.92 Å². The lowest BCUT2D eigenvalue weighted by Crippen LogP contribution is -2.32. The SMILES string of the molecule is CC(=O)C=[NH2+].COP(C)OC. The summed E-state index contributed by atoms with van der Waals surface area (Å²) in [6.07, 6.45) is 1.03. The summed E-state index contributed by atoms with van der Waals surface area (Å²) in [6, 6.07) is 0. The van der Waals surface area contributed by atoms with Crippen LogP contribution >= 0.6 is 8.38 Å². The fourth-order valence-corrected chi connectivity index (χ4v) is 0.224. The summed E-state index contributed by atoms with van der Waals surface area (Å²) in [7, 11) is 2.69. The Morgan fingerprint density at radius 1 is 1.45 bits per heavy atom. The number of ketones is 1. The zero-order valence-corrected chi connectivity index (χ0v) is 8.22. The van der Waals surface area contributed by atoms with Gasteiger partial charge in [0.2, 0.25) is 12.0 Å². The Labute approximate surface area is 68.3 Å². The topological polar surface area (TPSA) is 61.1 Å². The molecular weight excluding hydrogens is 165 g/mol. The number of rotatable bonds is 3. The zero-order valence-electron chi connectivity index (χ0n) is 7.33. The second-order valence-electron chi connectivity index (χ2n) is 1.58. The third kappa shape index (κ3) is 17.7. The van der Waals surface area contributed by atoms with Gasteiger partial charge in [-0.2, -0.15) is 0 Å². The Hall–Kier alpha value is -0.310. The summed E-state index contributed by atoms with van der Waals surface area (Å²) in [5.74, 6) is -0.0926. The molecule has 0 aromatic heterocycles. The van der Waals surface area contributed by atoms with Gasteiger partial charge in [-0.3, -0.25) is 10.2 Å². The van der Waals surface area contributed by atoms with Crippen LogP contribution in [0.25, 0.3) is 0 Å². The number of hydrogen-bond acceptors (Lipinski definition) is 3. The number of carbonyl (C=O) groups excluding carboxylic acids is 1. The van der Waals surface area contributed by atoms with E-state index in [2.05, 4.69) is 0 Å². The monoisotopic (exact) mass is 180 g/mol. The molecule has 0 fully saturated rings. The van der Waals surface area contributed by atoms with Gasteiger partial charge in [0.05, 0.1) is 0 Å². The Morgan fingerprint density at radius 3 is 1.73 bits per heavy atom. The minimum atomic E-state index is -0.576. The van der Waals surface area contributed by atoms with E-state index in [1.54, 1.807) is 14.2 Å². The molecular formula is C6H15NO3P+. The molecule has 0 spiro atoms. The standard InChI is InChI=1S/C3H5NO.C3H9O2P/c1-3(5)2-4;1-4-6(3)5-2/h2,4H,1H3;1-3H3/p+1. The Bertz CT molecular complexity index is 114. The van der Waals surface area contributed by atoms with Crippen molar-refractivity contribution in [2.45, 2.75) is 6.92 Å². The van der Waals surface area contributed by atoms with Crippen LogP contribution in [0.1, 0.15) is 6.92 Å². The molecule has 0 bridgehead atoms. The smallest absolute Gasteiger partial charge is 0.215 e. The van der Waals surface area contributed by atoms with Crippen molar-refractivity contribution >= 4 is 20.4 Å². The molecule has 0 aliphatic rings. The minimum Gasteiger partial charge on any atom is -0.338 e. The largest absolute Gasteiger partial charge is 0.338 e. The normalized spacial score (nSPS) is 8.45. The third-order valence-corrected chi connectivity index (χ3v) is 1.78. The lowest BCUT2D eigenvalue weighted by molar-refractivity contribution is -0.128. The number of carbonyl (C=O) groups is 1. The van der Waals surface area contributed by atoms with Gasteiger partial charge in [-0.1, -0.05) is 0 Å². The number of hydrogen-bond donors (Lipinski definition) is 1. The van der Waals surface area contributed by atoms with E-state index < -0.39 is 8.38 Å². The van der Waals surface area contributed by atoms with Crippen molar-refractivity contribution in [2.75, 3.05) is 20.9 Å². The maximum Gasteiger partial charge on any atom is 0.215 e. The maximum atomic E-state index is 9.63. The first kappa shape index (κ1) is 13.3. The van der Waals surface area contributed by atoms with Crippen LogP contribution in [-0.4, -0.2) is 32.9 Å². The first-order valence-corrected chi connectivity index (χ1v) is 4.58. The molecule has 0 aromatic rings. The van der Waals surface area contributed by atoms with Crippen LogP contribution in [0.15, 0.2) is 0 Å². The second-order valence-corrected chi connectivity index (χ2v) is 3.19. The second kappa shape index (κ2) is 9.69. The molecule has 0 amide bonds. The van der Waals surface area contributed by atoms with Crippen LogP contribution in [0.5, 0.6) is 0 Å². The number of Topliss-reactive ketones (excluding diaryl/α,β-unsaturated/α-hetero) is 1. The van der Waals surface area contributed by atoms with Crippen molar-refractivity contribution in [2.24, 2.45) is 0 Å². The molecule has 0 aliphatic heterocycles. The lowest BCUT2D eigenvalue weighted by Gasteiger charge is -2.01. The van der Waals surface area contributed by atoms with Crippen LogP contribution in [0.3, 0.4) is 0 Å². The molecule has 0 aromatic carbocycles. The van der Waals surface area contributed by atoms with Crippen molar-refractivity contribution in [3.8, 4) is 0 Å². The van der Waals surface area contributed by atoms with E-state index in [-0.39, 0.29) is 5.78 Å².